The Kier molecular flexibility index (Phi) is 40.0. The summed E-state index contributed by atoms with van der Waals surface area (Å²) >= 11 is 0. The van der Waals surface area contributed by atoms with E-state index in [0.29, 0.717) is 19.3 Å². The van der Waals surface area contributed by atoms with E-state index in [2.05, 4.69) is 45.1 Å². The van der Waals surface area contributed by atoms with Gasteiger partial charge in [0.25, 0.3) is 0 Å². The van der Waals surface area contributed by atoms with Gasteiger partial charge in [-0.15, -0.1) is 0 Å². The first-order valence-corrected chi connectivity index (χ1v) is 22.3. The molecule has 0 bridgehead atoms. The van der Waals surface area contributed by atoms with Gasteiger partial charge in [0.05, 0.1) is 0 Å². The van der Waals surface area contributed by atoms with Crippen LogP contribution in [0.4, 0.5) is 0 Å². The van der Waals surface area contributed by atoms with Crippen LogP contribution in [0.1, 0.15) is 233 Å². The molecule has 6 nitrogen and oxygen atoms in total. The minimum atomic E-state index is -0.768. The fraction of sp³-hybridized carbons (Fsp3) is 0.848. The van der Waals surface area contributed by atoms with Crippen LogP contribution in [0.25, 0.3) is 0 Å². The Labute approximate surface area is 322 Å². The number of esters is 3. The molecule has 0 radical (unpaired) electrons. The van der Waals surface area contributed by atoms with Crippen molar-refractivity contribution in [2.45, 2.75) is 239 Å². The van der Waals surface area contributed by atoms with Crippen LogP contribution in [0.2, 0.25) is 0 Å². The summed E-state index contributed by atoms with van der Waals surface area (Å²) < 4.78 is 16.6. The van der Waals surface area contributed by atoms with Crippen LogP contribution in [0.15, 0.2) is 24.3 Å². The second-order valence-corrected chi connectivity index (χ2v) is 15.0. The third kappa shape index (κ3) is 39.1. The summed E-state index contributed by atoms with van der Waals surface area (Å²) in [6.07, 6.45) is 44.8. The lowest BCUT2D eigenvalue weighted by molar-refractivity contribution is -0.167. The lowest BCUT2D eigenvalue weighted by atomic mass is 10.1. The van der Waals surface area contributed by atoms with Gasteiger partial charge in [0, 0.05) is 19.3 Å². The lowest BCUT2D eigenvalue weighted by Crippen LogP contribution is -2.30. The highest BCUT2D eigenvalue weighted by atomic mass is 16.6. The molecule has 1 atom stereocenters. The number of allylic oxidation sites excluding steroid dienone is 4. The Morgan fingerprint density at radius 3 is 1.02 bits per heavy atom. The van der Waals surface area contributed by atoms with Crippen LogP contribution in [0.3, 0.4) is 0 Å². The Balaban J connectivity index is 4.18. The third-order valence-corrected chi connectivity index (χ3v) is 9.68. The third-order valence-electron chi connectivity index (χ3n) is 9.68. The molecule has 0 saturated carbocycles. The first-order chi connectivity index (χ1) is 25.5. The first-order valence-electron chi connectivity index (χ1n) is 22.3. The van der Waals surface area contributed by atoms with E-state index in [1.54, 1.807) is 0 Å². The minimum absolute atomic E-state index is 0.0758. The van der Waals surface area contributed by atoms with Crippen molar-refractivity contribution in [1.29, 1.82) is 0 Å². The van der Waals surface area contributed by atoms with E-state index in [1.807, 2.05) is 0 Å². The predicted octanol–water partition coefficient (Wildman–Crippen LogP) is 14.0. The van der Waals surface area contributed by atoms with Crippen LogP contribution in [-0.4, -0.2) is 37.2 Å². The van der Waals surface area contributed by atoms with Gasteiger partial charge in [-0.25, -0.2) is 0 Å². The van der Waals surface area contributed by atoms with E-state index in [0.717, 1.165) is 77.0 Å². The molecule has 0 aromatic rings. The lowest BCUT2D eigenvalue weighted by Gasteiger charge is -2.18. The summed E-state index contributed by atoms with van der Waals surface area (Å²) in [6, 6.07) is 0. The van der Waals surface area contributed by atoms with Crippen molar-refractivity contribution in [2.75, 3.05) is 13.2 Å². The molecule has 304 valence electrons. The molecule has 0 spiro atoms. The van der Waals surface area contributed by atoms with Gasteiger partial charge in [-0.05, 0) is 64.2 Å². The molecule has 0 amide bonds. The van der Waals surface area contributed by atoms with Crippen LogP contribution in [-0.2, 0) is 28.6 Å². The van der Waals surface area contributed by atoms with Crippen molar-refractivity contribution < 1.29 is 28.6 Å². The molecule has 0 N–H and O–H groups in total. The zero-order valence-corrected chi connectivity index (χ0v) is 34.6. The molecule has 0 aromatic carbocycles. The van der Waals surface area contributed by atoms with Gasteiger partial charge < -0.3 is 14.2 Å². The smallest absolute Gasteiger partial charge is 0.306 e. The van der Waals surface area contributed by atoms with E-state index in [-0.39, 0.29) is 31.1 Å². The Hall–Kier alpha value is -2.11. The number of carbonyl (C=O) groups excluding carboxylic acids is 3. The molecule has 0 aliphatic rings. The van der Waals surface area contributed by atoms with Gasteiger partial charge in [-0.3, -0.25) is 14.4 Å². The summed E-state index contributed by atoms with van der Waals surface area (Å²) in [5.74, 6) is -0.902. The highest BCUT2D eigenvalue weighted by Crippen LogP contribution is 2.14. The first kappa shape index (κ1) is 49.9. The average molecular weight is 733 g/mol. The topological polar surface area (TPSA) is 78.9 Å². The van der Waals surface area contributed by atoms with Crippen molar-refractivity contribution in [2.24, 2.45) is 0 Å². The second kappa shape index (κ2) is 41.6. The fourth-order valence-electron chi connectivity index (χ4n) is 6.24. The zero-order valence-electron chi connectivity index (χ0n) is 34.6. The van der Waals surface area contributed by atoms with Crippen molar-refractivity contribution in [3.63, 3.8) is 0 Å². The Bertz CT molecular complexity index is 850. The van der Waals surface area contributed by atoms with Gasteiger partial charge in [0.15, 0.2) is 6.10 Å². The standard InChI is InChI=1S/C46H84O6/c1-4-7-10-13-15-17-19-20-21-22-23-24-25-27-28-30-33-36-39-45(48)51-42-43(41-50-44(47)38-35-32-12-9-6-3)52-46(49)40-37-34-31-29-26-18-16-14-11-8-5-2/h14,16,21-22,43H,4-13,15,17-20,23-42H2,1-3H3/b16-14-,22-21-. The van der Waals surface area contributed by atoms with Gasteiger partial charge in [0.1, 0.15) is 13.2 Å². The second-order valence-electron chi connectivity index (χ2n) is 15.0. The van der Waals surface area contributed by atoms with E-state index in [4.69, 9.17) is 14.2 Å². The maximum Gasteiger partial charge on any atom is 0.306 e. The number of unbranched alkanes of at least 4 members (excludes halogenated alkanes) is 25. The number of rotatable bonds is 40. The molecule has 0 aliphatic carbocycles. The molecule has 1 unspecified atom stereocenters. The Morgan fingerprint density at radius 1 is 0.365 bits per heavy atom. The quantitative estimate of drug-likeness (QED) is 0.0270. The van der Waals surface area contributed by atoms with Gasteiger partial charge in [0.2, 0.25) is 0 Å². The summed E-state index contributed by atoms with van der Waals surface area (Å²) in [4.78, 5) is 37.4. The van der Waals surface area contributed by atoms with Gasteiger partial charge >= 0.3 is 17.9 Å². The molecule has 6 heteroatoms. The SMILES string of the molecule is CCCC/C=C\CCCCCCCC(=O)OC(COC(=O)CCCCCCC)COC(=O)CCCCCCCCC/C=C\CCCCCCCCC. The molecule has 0 aliphatic heterocycles. The highest BCUT2D eigenvalue weighted by molar-refractivity contribution is 5.71. The predicted molar refractivity (Wildman–Crippen MR) is 219 cm³/mol. The maximum absolute atomic E-state index is 12.6. The monoisotopic (exact) mass is 733 g/mol. The zero-order chi connectivity index (χ0) is 38.0. The average Bonchev–Trinajstić information content (AvgIpc) is 3.14. The van der Waals surface area contributed by atoms with E-state index >= 15 is 0 Å². The summed E-state index contributed by atoms with van der Waals surface area (Å²) in [5, 5.41) is 0. The summed E-state index contributed by atoms with van der Waals surface area (Å²) in [6.45, 7) is 6.50. The van der Waals surface area contributed by atoms with Crippen LogP contribution < -0.4 is 0 Å². The highest BCUT2D eigenvalue weighted by Gasteiger charge is 2.19. The van der Waals surface area contributed by atoms with E-state index < -0.39 is 6.10 Å². The van der Waals surface area contributed by atoms with Crippen molar-refractivity contribution in [3.8, 4) is 0 Å². The molecule has 52 heavy (non-hydrogen) atoms. The molecule has 0 fully saturated rings. The van der Waals surface area contributed by atoms with Crippen LogP contribution in [0.5, 0.6) is 0 Å². The number of ether oxygens (including phenoxy) is 3. The fourth-order valence-corrected chi connectivity index (χ4v) is 6.24. The molecular formula is C46H84O6. The largest absolute Gasteiger partial charge is 0.462 e. The van der Waals surface area contributed by atoms with Crippen molar-refractivity contribution in [1.82, 2.24) is 0 Å². The minimum Gasteiger partial charge on any atom is -0.462 e. The van der Waals surface area contributed by atoms with Crippen molar-refractivity contribution >= 4 is 17.9 Å². The van der Waals surface area contributed by atoms with Crippen molar-refractivity contribution in [3.05, 3.63) is 24.3 Å². The Morgan fingerprint density at radius 2 is 0.654 bits per heavy atom. The number of carbonyl (C=O) groups is 3. The number of hydrogen-bond donors (Lipinski definition) is 0. The van der Waals surface area contributed by atoms with Crippen LogP contribution >= 0.6 is 0 Å². The molecule has 0 rings (SSSR count). The van der Waals surface area contributed by atoms with Gasteiger partial charge in [-0.1, -0.05) is 173 Å². The van der Waals surface area contributed by atoms with Gasteiger partial charge in [-0.2, -0.15) is 0 Å². The van der Waals surface area contributed by atoms with Crippen LogP contribution in [0, 0.1) is 0 Å². The molecule has 0 heterocycles. The van der Waals surface area contributed by atoms with E-state index in [1.165, 1.54) is 116 Å². The molecule has 0 saturated heterocycles. The normalized spacial score (nSPS) is 12.1. The maximum atomic E-state index is 12.6. The summed E-state index contributed by atoms with van der Waals surface area (Å²) in [5.41, 5.74) is 0. The molecule has 0 aromatic heterocycles. The number of hydrogen-bond acceptors (Lipinski definition) is 6. The summed E-state index contributed by atoms with van der Waals surface area (Å²) in [7, 11) is 0. The van der Waals surface area contributed by atoms with E-state index in [9.17, 15) is 14.4 Å². The molecular weight excluding hydrogens is 648 g/mol.